The first-order valence-corrected chi connectivity index (χ1v) is 6.12. The molecule has 1 aromatic heterocycles. The number of nitrogens with zero attached hydrogens (tertiary/aromatic N) is 3. The van der Waals surface area contributed by atoms with Gasteiger partial charge in [-0.15, -0.1) is 5.10 Å². The van der Waals surface area contributed by atoms with Crippen molar-refractivity contribution in [1.29, 1.82) is 0 Å². The van der Waals surface area contributed by atoms with E-state index < -0.39 is 0 Å². The number of hydrogen-bond acceptors (Lipinski definition) is 4. The summed E-state index contributed by atoms with van der Waals surface area (Å²) in [7, 11) is 0. The summed E-state index contributed by atoms with van der Waals surface area (Å²) in [5.41, 5.74) is 6.42. The molecule has 90 valence electrons. The normalized spacial score (nSPS) is 10.5. The fourth-order valence-electron chi connectivity index (χ4n) is 1.41. The van der Waals surface area contributed by atoms with Crippen molar-refractivity contribution in [2.45, 2.75) is 19.9 Å². The van der Waals surface area contributed by atoms with E-state index in [9.17, 15) is 0 Å². The molecular formula is C11H13BrN4O. The Morgan fingerprint density at radius 2 is 2.29 bits per heavy atom. The maximum Gasteiger partial charge on any atom is 0.238 e. The van der Waals surface area contributed by atoms with Crippen molar-refractivity contribution in [3.8, 4) is 11.6 Å². The quantitative estimate of drug-likeness (QED) is 0.881. The molecule has 5 nitrogen and oxygen atoms in total. The van der Waals surface area contributed by atoms with E-state index in [-0.39, 0.29) is 0 Å². The monoisotopic (exact) mass is 296 g/mol. The summed E-state index contributed by atoms with van der Waals surface area (Å²) in [4.78, 5) is 0. The minimum absolute atomic E-state index is 0.609. The van der Waals surface area contributed by atoms with Crippen molar-refractivity contribution in [1.82, 2.24) is 15.0 Å². The predicted octanol–water partition coefficient (Wildman–Crippen LogP) is 2.83. The molecule has 6 heteroatoms. The van der Waals surface area contributed by atoms with E-state index in [0.717, 1.165) is 17.4 Å². The second-order valence-corrected chi connectivity index (χ2v) is 4.35. The molecule has 0 saturated heterocycles. The van der Waals surface area contributed by atoms with Gasteiger partial charge >= 0.3 is 0 Å². The summed E-state index contributed by atoms with van der Waals surface area (Å²) < 4.78 is 8.18. The van der Waals surface area contributed by atoms with Crippen molar-refractivity contribution in [3.05, 3.63) is 28.9 Å². The van der Waals surface area contributed by atoms with Gasteiger partial charge < -0.3 is 10.5 Å². The van der Waals surface area contributed by atoms with Gasteiger partial charge in [0.2, 0.25) is 5.88 Å². The lowest BCUT2D eigenvalue weighted by Gasteiger charge is -2.09. The summed E-state index contributed by atoms with van der Waals surface area (Å²) in [5.74, 6) is 1.27. The zero-order valence-corrected chi connectivity index (χ0v) is 11.0. The molecule has 2 N–H and O–H groups in total. The second kappa shape index (κ2) is 5.18. The number of nitrogen functional groups attached to an aromatic ring is 1. The Labute approximate surface area is 108 Å². The number of aromatic nitrogens is 3. The molecule has 0 amide bonds. The van der Waals surface area contributed by atoms with E-state index >= 15 is 0 Å². The molecule has 1 heterocycles. The number of benzene rings is 1. The molecule has 0 radical (unpaired) electrons. The smallest absolute Gasteiger partial charge is 0.238 e. The summed E-state index contributed by atoms with van der Waals surface area (Å²) in [6.07, 6.45) is 2.56. The van der Waals surface area contributed by atoms with Crippen molar-refractivity contribution in [2.24, 2.45) is 0 Å². The van der Waals surface area contributed by atoms with Crippen LogP contribution in [0, 0.1) is 0 Å². The maximum atomic E-state index is 5.78. The van der Waals surface area contributed by atoms with Crippen LogP contribution in [0.15, 0.2) is 28.9 Å². The number of nitrogens with two attached hydrogens (primary N) is 1. The number of rotatable bonds is 4. The molecule has 0 aliphatic rings. The van der Waals surface area contributed by atoms with Gasteiger partial charge in [-0.25, -0.2) is 4.68 Å². The van der Waals surface area contributed by atoms with Crippen molar-refractivity contribution in [2.75, 3.05) is 5.73 Å². The van der Waals surface area contributed by atoms with Gasteiger partial charge in [-0.3, -0.25) is 0 Å². The van der Waals surface area contributed by atoms with Crippen molar-refractivity contribution >= 4 is 21.6 Å². The van der Waals surface area contributed by atoms with Crippen LogP contribution < -0.4 is 10.5 Å². The van der Waals surface area contributed by atoms with E-state index in [2.05, 4.69) is 33.2 Å². The Balaban J connectivity index is 2.25. The third-order valence-electron chi connectivity index (χ3n) is 2.23. The summed E-state index contributed by atoms with van der Waals surface area (Å²) in [5, 5.41) is 7.78. The Morgan fingerprint density at radius 3 is 3.06 bits per heavy atom. The molecule has 1 aromatic carbocycles. The summed E-state index contributed by atoms with van der Waals surface area (Å²) in [6.45, 7) is 2.84. The number of aryl methyl sites for hydroxylation is 1. The van der Waals surface area contributed by atoms with Gasteiger partial charge in [0.1, 0.15) is 11.9 Å². The minimum atomic E-state index is 0.609. The fourth-order valence-corrected chi connectivity index (χ4v) is 1.76. The van der Waals surface area contributed by atoms with Gasteiger partial charge in [-0.2, -0.15) is 0 Å². The van der Waals surface area contributed by atoms with Crippen LogP contribution in [0.25, 0.3) is 0 Å². The number of ether oxygens (including phenoxy) is 1. The highest BCUT2D eigenvalue weighted by atomic mass is 79.9. The highest BCUT2D eigenvalue weighted by Crippen LogP contribution is 2.33. The molecule has 0 unspecified atom stereocenters. The first-order valence-electron chi connectivity index (χ1n) is 5.32. The Bertz CT molecular complexity index is 512. The first kappa shape index (κ1) is 11.9. The molecule has 17 heavy (non-hydrogen) atoms. The zero-order chi connectivity index (χ0) is 12.3. The van der Waals surface area contributed by atoms with Crippen LogP contribution in [0.4, 0.5) is 5.69 Å². The van der Waals surface area contributed by atoms with E-state index in [4.69, 9.17) is 10.5 Å². The third kappa shape index (κ3) is 2.58. The largest absolute Gasteiger partial charge is 0.436 e. The first-order chi connectivity index (χ1) is 8.22. The van der Waals surface area contributed by atoms with Gasteiger partial charge in [0.15, 0.2) is 0 Å². The third-order valence-corrected chi connectivity index (χ3v) is 3.07. The molecule has 0 aliphatic heterocycles. The van der Waals surface area contributed by atoms with E-state index in [1.807, 2.05) is 12.1 Å². The van der Waals surface area contributed by atoms with Gasteiger partial charge in [0.05, 0.1) is 4.47 Å². The molecule has 0 aliphatic carbocycles. The second-order valence-electron chi connectivity index (χ2n) is 3.56. The number of halogens is 1. The fraction of sp³-hybridized carbons (Fsp3) is 0.273. The van der Waals surface area contributed by atoms with Crippen LogP contribution in [0.1, 0.15) is 13.3 Å². The summed E-state index contributed by atoms with van der Waals surface area (Å²) in [6, 6.07) is 5.48. The minimum Gasteiger partial charge on any atom is -0.436 e. The van der Waals surface area contributed by atoms with Gasteiger partial charge in [0.25, 0.3) is 0 Å². The maximum absolute atomic E-state index is 5.78. The van der Waals surface area contributed by atoms with Crippen molar-refractivity contribution < 1.29 is 4.74 Å². The molecular weight excluding hydrogens is 284 g/mol. The van der Waals surface area contributed by atoms with Gasteiger partial charge in [0, 0.05) is 12.2 Å². The molecule has 0 fully saturated rings. The van der Waals surface area contributed by atoms with Crippen molar-refractivity contribution in [3.63, 3.8) is 0 Å². The van der Waals surface area contributed by atoms with E-state index in [1.165, 1.54) is 0 Å². The van der Waals surface area contributed by atoms with Gasteiger partial charge in [-0.05, 0) is 34.5 Å². The van der Waals surface area contributed by atoms with Crippen LogP contribution in [-0.2, 0) is 6.54 Å². The number of hydrogen-bond donors (Lipinski definition) is 1. The van der Waals surface area contributed by atoms with E-state index in [0.29, 0.717) is 17.3 Å². The average molecular weight is 297 g/mol. The molecule has 2 rings (SSSR count). The van der Waals surface area contributed by atoms with Crippen LogP contribution in [0.2, 0.25) is 0 Å². The predicted molar refractivity (Wildman–Crippen MR) is 68.9 cm³/mol. The highest BCUT2D eigenvalue weighted by molar-refractivity contribution is 9.10. The lowest BCUT2D eigenvalue weighted by molar-refractivity contribution is 0.405. The lowest BCUT2D eigenvalue weighted by atomic mass is 10.3. The van der Waals surface area contributed by atoms with Crippen LogP contribution in [0.3, 0.4) is 0 Å². The van der Waals surface area contributed by atoms with Crippen LogP contribution >= 0.6 is 15.9 Å². The van der Waals surface area contributed by atoms with Crippen LogP contribution in [0.5, 0.6) is 11.6 Å². The standard InChI is InChI=1S/C11H13BrN4O/c1-2-6-16-10(7-14-15-16)17-9-5-3-4-8(13)11(9)12/h3-5,7H,2,6,13H2,1H3. The molecule has 2 aromatic rings. The number of anilines is 1. The Morgan fingerprint density at radius 1 is 1.47 bits per heavy atom. The topological polar surface area (TPSA) is 66.0 Å². The van der Waals surface area contributed by atoms with Crippen LogP contribution in [-0.4, -0.2) is 15.0 Å². The Hall–Kier alpha value is -1.56. The molecule has 0 saturated carbocycles. The zero-order valence-electron chi connectivity index (χ0n) is 9.43. The molecule has 0 spiro atoms. The van der Waals surface area contributed by atoms with E-state index in [1.54, 1.807) is 16.9 Å². The highest BCUT2D eigenvalue weighted by Gasteiger charge is 2.09. The SMILES string of the molecule is CCCn1nncc1Oc1cccc(N)c1Br. The Kier molecular flexibility index (Phi) is 3.63. The lowest BCUT2D eigenvalue weighted by Crippen LogP contribution is -2.02. The average Bonchev–Trinajstić information content (AvgIpc) is 2.73. The van der Waals surface area contributed by atoms with Gasteiger partial charge in [-0.1, -0.05) is 18.2 Å². The molecule has 0 bridgehead atoms. The summed E-state index contributed by atoms with van der Waals surface area (Å²) >= 11 is 3.39. The molecule has 0 atom stereocenters.